The molecule has 3 heteroatoms. The first-order valence-corrected chi connectivity index (χ1v) is 5.51. The van der Waals surface area contributed by atoms with Crippen LogP contribution >= 0.6 is 0 Å². The van der Waals surface area contributed by atoms with Crippen LogP contribution in [0.5, 0.6) is 0 Å². The van der Waals surface area contributed by atoms with Crippen LogP contribution in [0, 0.1) is 11.3 Å². The summed E-state index contributed by atoms with van der Waals surface area (Å²) in [5, 5.41) is 17.8. The van der Waals surface area contributed by atoms with Crippen LogP contribution in [0.2, 0.25) is 0 Å². The molecule has 18 heavy (non-hydrogen) atoms. The Bertz CT molecular complexity index is 612. The molecule has 0 atom stereocenters. The maximum Gasteiger partial charge on any atom is 0.307 e. The van der Waals surface area contributed by atoms with Crippen LogP contribution in [0.25, 0.3) is 11.1 Å². The fraction of sp³-hybridized carbons (Fsp3) is 0.0667. The van der Waals surface area contributed by atoms with E-state index in [4.69, 9.17) is 10.4 Å². The molecule has 88 valence electrons. The lowest BCUT2D eigenvalue weighted by molar-refractivity contribution is -0.136. The highest BCUT2D eigenvalue weighted by molar-refractivity contribution is 5.73. The van der Waals surface area contributed by atoms with Gasteiger partial charge in [-0.1, -0.05) is 42.5 Å². The van der Waals surface area contributed by atoms with Crippen molar-refractivity contribution in [3.8, 4) is 17.2 Å². The van der Waals surface area contributed by atoms with E-state index in [9.17, 15) is 4.79 Å². The molecule has 0 saturated heterocycles. The predicted octanol–water partition coefficient (Wildman–Crippen LogP) is 2.85. The monoisotopic (exact) mass is 237 g/mol. The van der Waals surface area contributed by atoms with Gasteiger partial charge in [0.2, 0.25) is 0 Å². The smallest absolute Gasteiger partial charge is 0.307 e. The van der Waals surface area contributed by atoms with Crippen molar-refractivity contribution in [1.29, 1.82) is 5.26 Å². The van der Waals surface area contributed by atoms with Gasteiger partial charge in [0.15, 0.2) is 0 Å². The van der Waals surface area contributed by atoms with Crippen molar-refractivity contribution in [3.63, 3.8) is 0 Å². The van der Waals surface area contributed by atoms with Gasteiger partial charge in [-0.05, 0) is 22.8 Å². The molecule has 2 aromatic rings. The number of nitriles is 1. The maximum absolute atomic E-state index is 10.7. The average molecular weight is 237 g/mol. The van der Waals surface area contributed by atoms with E-state index in [1.54, 1.807) is 12.1 Å². The summed E-state index contributed by atoms with van der Waals surface area (Å²) in [5.74, 6) is -0.932. The molecular formula is C15H11NO2. The number of hydrogen-bond donors (Lipinski definition) is 1. The minimum absolute atomic E-state index is 0.127. The minimum Gasteiger partial charge on any atom is -0.481 e. The second-order valence-electron chi connectivity index (χ2n) is 3.92. The third-order valence-electron chi connectivity index (χ3n) is 2.68. The maximum atomic E-state index is 10.7. The topological polar surface area (TPSA) is 61.1 Å². The molecule has 0 aliphatic heterocycles. The van der Waals surface area contributed by atoms with E-state index in [-0.39, 0.29) is 6.42 Å². The minimum atomic E-state index is -0.932. The molecule has 0 amide bonds. The lowest BCUT2D eigenvalue weighted by atomic mass is 9.98. The van der Waals surface area contributed by atoms with Crippen LogP contribution in [0.4, 0.5) is 0 Å². The van der Waals surface area contributed by atoms with Gasteiger partial charge in [-0.2, -0.15) is 5.26 Å². The number of carboxylic acid groups (broad SMARTS) is 1. The predicted molar refractivity (Wildman–Crippen MR) is 67.9 cm³/mol. The number of carboxylic acids is 1. The number of benzene rings is 2. The van der Waals surface area contributed by atoms with Gasteiger partial charge in [0.25, 0.3) is 0 Å². The molecule has 0 bridgehead atoms. The average Bonchev–Trinajstić information content (AvgIpc) is 2.39. The summed E-state index contributed by atoms with van der Waals surface area (Å²) in [5.41, 5.74) is 2.89. The van der Waals surface area contributed by atoms with Crippen molar-refractivity contribution < 1.29 is 9.90 Å². The first-order chi connectivity index (χ1) is 8.70. The molecule has 0 aliphatic rings. The molecule has 0 saturated carbocycles. The third-order valence-corrected chi connectivity index (χ3v) is 2.68. The summed E-state index contributed by atoms with van der Waals surface area (Å²) in [4.78, 5) is 10.7. The van der Waals surface area contributed by atoms with Crippen molar-refractivity contribution >= 4 is 5.97 Å². The zero-order chi connectivity index (χ0) is 13.0. The molecule has 1 N–H and O–H groups in total. The Morgan fingerprint density at radius 2 is 1.83 bits per heavy atom. The van der Waals surface area contributed by atoms with Crippen LogP contribution in [-0.4, -0.2) is 11.1 Å². The van der Waals surface area contributed by atoms with Crippen molar-refractivity contribution in [2.75, 3.05) is 0 Å². The van der Waals surface area contributed by atoms with Crippen LogP contribution in [0.1, 0.15) is 11.1 Å². The Hall–Kier alpha value is -2.60. The largest absolute Gasteiger partial charge is 0.481 e. The molecule has 2 aromatic carbocycles. The van der Waals surface area contributed by atoms with Gasteiger partial charge in [-0.25, -0.2) is 0 Å². The number of carbonyl (C=O) groups is 1. The molecule has 0 aromatic heterocycles. The summed E-state index contributed by atoms with van der Waals surface area (Å²) in [7, 11) is 0. The van der Waals surface area contributed by atoms with Crippen molar-refractivity contribution in [3.05, 3.63) is 59.7 Å². The van der Waals surface area contributed by atoms with Gasteiger partial charge < -0.3 is 5.11 Å². The second-order valence-corrected chi connectivity index (χ2v) is 3.92. The standard InChI is InChI=1S/C15H11NO2/c16-10-14-8-12(11-4-2-1-3-5-11)6-7-13(14)9-15(17)18/h1-8H,9H2,(H,17,18). The van der Waals surface area contributed by atoms with E-state index in [0.29, 0.717) is 11.1 Å². The van der Waals surface area contributed by atoms with Crippen molar-refractivity contribution in [2.45, 2.75) is 6.42 Å². The third kappa shape index (κ3) is 2.55. The molecular weight excluding hydrogens is 226 g/mol. The summed E-state index contributed by atoms with van der Waals surface area (Å²) in [6.07, 6.45) is -0.127. The van der Waals surface area contributed by atoms with Gasteiger partial charge in [-0.15, -0.1) is 0 Å². The highest BCUT2D eigenvalue weighted by atomic mass is 16.4. The summed E-state index contributed by atoms with van der Waals surface area (Å²) >= 11 is 0. The molecule has 2 rings (SSSR count). The molecule has 0 aliphatic carbocycles. The van der Waals surface area contributed by atoms with Crippen molar-refractivity contribution in [1.82, 2.24) is 0 Å². The normalized spacial score (nSPS) is 9.72. The number of rotatable bonds is 3. The lowest BCUT2D eigenvalue weighted by Crippen LogP contribution is -2.02. The number of hydrogen-bond acceptors (Lipinski definition) is 2. The van der Waals surface area contributed by atoms with E-state index < -0.39 is 5.97 Å². The fourth-order valence-corrected chi connectivity index (χ4v) is 1.81. The van der Waals surface area contributed by atoms with Crippen LogP contribution in [-0.2, 0) is 11.2 Å². The Morgan fingerprint density at radius 3 is 2.44 bits per heavy atom. The Morgan fingerprint density at radius 1 is 1.11 bits per heavy atom. The van der Waals surface area contributed by atoms with E-state index in [2.05, 4.69) is 0 Å². The van der Waals surface area contributed by atoms with E-state index in [1.807, 2.05) is 42.5 Å². The summed E-state index contributed by atoms with van der Waals surface area (Å²) in [6, 6.07) is 17.0. The fourth-order valence-electron chi connectivity index (χ4n) is 1.81. The Balaban J connectivity index is 2.43. The van der Waals surface area contributed by atoms with Crippen LogP contribution in [0.15, 0.2) is 48.5 Å². The molecule has 3 nitrogen and oxygen atoms in total. The molecule has 0 heterocycles. The van der Waals surface area contributed by atoms with E-state index in [1.165, 1.54) is 0 Å². The lowest BCUT2D eigenvalue weighted by Gasteiger charge is -2.05. The summed E-state index contributed by atoms with van der Waals surface area (Å²) in [6.45, 7) is 0. The molecule has 0 unspecified atom stereocenters. The van der Waals surface area contributed by atoms with E-state index >= 15 is 0 Å². The SMILES string of the molecule is N#Cc1cc(-c2ccccc2)ccc1CC(=O)O. The van der Waals surface area contributed by atoms with Crippen molar-refractivity contribution in [2.24, 2.45) is 0 Å². The highest BCUT2D eigenvalue weighted by Crippen LogP contribution is 2.22. The van der Waals surface area contributed by atoms with E-state index in [0.717, 1.165) is 11.1 Å². The van der Waals surface area contributed by atoms with Crippen LogP contribution in [0.3, 0.4) is 0 Å². The first-order valence-electron chi connectivity index (χ1n) is 5.51. The molecule has 0 fully saturated rings. The Kier molecular flexibility index (Phi) is 3.40. The van der Waals surface area contributed by atoms with Crippen LogP contribution < -0.4 is 0 Å². The van der Waals surface area contributed by atoms with Gasteiger partial charge in [0, 0.05) is 0 Å². The molecule has 0 radical (unpaired) electrons. The number of nitrogens with zero attached hydrogens (tertiary/aromatic N) is 1. The second kappa shape index (κ2) is 5.15. The van der Waals surface area contributed by atoms with Gasteiger partial charge in [0.1, 0.15) is 0 Å². The number of aliphatic carboxylic acids is 1. The zero-order valence-electron chi connectivity index (χ0n) is 9.63. The quantitative estimate of drug-likeness (QED) is 0.892. The van der Waals surface area contributed by atoms with Gasteiger partial charge in [-0.3, -0.25) is 4.79 Å². The zero-order valence-corrected chi connectivity index (χ0v) is 9.63. The first kappa shape index (κ1) is 11.9. The highest BCUT2D eigenvalue weighted by Gasteiger charge is 2.08. The molecule has 0 spiro atoms. The summed E-state index contributed by atoms with van der Waals surface area (Å²) < 4.78 is 0. The Labute approximate surface area is 105 Å². The van der Waals surface area contributed by atoms with Gasteiger partial charge >= 0.3 is 5.97 Å². The van der Waals surface area contributed by atoms with Gasteiger partial charge in [0.05, 0.1) is 18.1 Å².